The van der Waals surface area contributed by atoms with Crippen LogP contribution in [-0.4, -0.2) is 15.4 Å². The molecule has 0 N–H and O–H groups in total. The smallest absolute Gasteiger partial charge is 0.136 e. The summed E-state index contributed by atoms with van der Waals surface area (Å²) in [6.45, 7) is 4.51. The molecule has 2 aromatic heterocycles. The number of hydrogen-bond acceptors (Lipinski definition) is 4. The maximum Gasteiger partial charge on any atom is 0.136 e. The number of benzene rings is 7. The van der Waals surface area contributed by atoms with E-state index in [0.717, 1.165) is 78.7 Å². The minimum absolute atomic E-state index is 0.797. The lowest BCUT2D eigenvalue weighted by Gasteiger charge is -2.23. The Morgan fingerprint density at radius 3 is 1.96 bits per heavy atom. The first kappa shape index (κ1) is 30.2. The van der Waals surface area contributed by atoms with Crippen molar-refractivity contribution >= 4 is 21.9 Å². The molecule has 4 nitrogen and oxygen atoms in total. The molecule has 0 bridgehead atoms. The van der Waals surface area contributed by atoms with Crippen molar-refractivity contribution < 1.29 is 4.42 Å². The summed E-state index contributed by atoms with van der Waals surface area (Å²) in [5, 5.41) is 16.3. The SMILES string of the molecule is Cc1cc2c(c(-c3c(-c4nnnc(-c5ccccc5)c4-c4ccccc4)cccc3-c3cccc4oc5ccccc5c34)c1C)Cc1ccccc1-2. The van der Waals surface area contributed by atoms with Gasteiger partial charge in [-0.1, -0.05) is 140 Å². The van der Waals surface area contributed by atoms with E-state index in [1.54, 1.807) is 0 Å². The summed E-state index contributed by atoms with van der Waals surface area (Å²) in [5.74, 6) is 0. The molecule has 0 amide bonds. The Morgan fingerprint density at radius 1 is 0.481 bits per heavy atom. The summed E-state index contributed by atoms with van der Waals surface area (Å²) in [6.07, 6.45) is 0.859. The van der Waals surface area contributed by atoms with Gasteiger partial charge in [-0.2, -0.15) is 0 Å². The van der Waals surface area contributed by atoms with Gasteiger partial charge in [0.05, 0.1) is 0 Å². The molecule has 0 aliphatic heterocycles. The van der Waals surface area contributed by atoms with Gasteiger partial charge in [-0.05, 0) is 98.8 Å². The van der Waals surface area contributed by atoms with Crippen LogP contribution in [0.4, 0.5) is 0 Å². The number of rotatable bonds is 5. The van der Waals surface area contributed by atoms with Crippen molar-refractivity contribution in [1.29, 1.82) is 0 Å². The Bertz CT molecular complexity index is 2840. The number of aryl methyl sites for hydroxylation is 1. The maximum atomic E-state index is 6.45. The van der Waals surface area contributed by atoms with E-state index in [1.165, 1.54) is 38.9 Å². The summed E-state index contributed by atoms with van der Waals surface area (Å²) < 4.78 is 6.45. The molecule has 246 valence electrons. The van der Waals surface area contributed by atoms with Gasteiger partial charge < -0.3 is 4.42 Å². The van der Waals surface area contributed by atoms with Gasteiger partial charge in [0.25, 0.3) is 0 Å². The van der Waals surface area contributed by atoms with E-state index in [4.69, 9.17) is 14.6 Å². The summed E-state index contributed by atoms with van der Waals surface area (Å²) >= 11 is 0. The van der Waals surface area contributed by atoms with Crippen LogP contribution in [0.1, 0.15) is 22.3 Å². The highest BCUT2D eigenvalue weighted by atomic mass is 16.3. The summed E-state index contributed by atoms with van der Waals surface area (Å²) in [7, 11) is 0. The number of nitrogens with zero attached hydrogens (tertiary/aromatic N) is 3. The molecule has 10 rings (SSSR count). The average Bonchev–Trinajstić information content (AvgIpc) is 3.77. The lowest BCUT2D eigenvalue weighted by Crippen LogP contribution is -2.04. The molecule has 0 saturated carbocycles. The zero-order valence-corrected chi connectivity index (χ0v) is 28.9. The van der Waals surface area contributed by atoms with E-state index in [1.807, 2.05) is 30.3 Å². The van der Waals surface area contributed by atoms with Gasteiger partial charge in [-0.15, -0.1) is 10.2 Å². The van der Waals surface area contributed by atoms with Crippen LogP contribution in [0.3, 0.4) is 0 Å². The standard InChI is InChI=1S/C48H33N3O/c1-29-27-39-34-20-10-9-19-33(34)28-40(39)43(30(29)2)46-36(35-23-14-26-42-45(35)37-21-11-12-25-41(37)52-42)22-13-24-38(46)48-44(31-15-5-3-6-16-31)47(49-51-50-48)32-17-7-4-8-18-32/h3-27H,28H2,1-2H3. The van der Waals surface area contributed by atoms with Crippen LogP contribution in [-0.2, 0) is 6.42 Å². The number of furan rings is 1. The highest BCUT2D eigenvalue weighted by molar-refractivity contribution is 6.15. The third-order valence-electron chi connectivity index (χ3n) is 10.8. The summed E-state index contributed by atoms with van der Waals surface area (Å²) in [6, 6.07) is 53.4. The molecule has 1 aliphatic carbocycles. The van der Waals surface area contributed by atoms with Crippen molar-refractivity contribution in [3.05, 3.63) is 174 Å². The van der Waals surface area contributed by atoms with Crippen LogP contribution in [0.25, 0.3) is 89.0 Å². The topological polar surface area (TPSA) is 51.8 Å². The first-order valence-electron chi connectivity index (χ1n) is 17.8. The normalized spacial score (nSPS) is 12.0. The Hall–Kier alpha value is -6.65. The molecule has 0 radical (unpaired) electrons. The van der Waals surface area contributed by atoms with E-state index < -0.39 is 0 Å². The van der Waals surface area contributed by atoms with Gasteiger partial charge in [-0.3, -0.25) is 0 Å². The highest BCUT2D eigenvalue weighted by Gasteiger charge is 2.30. The average molecular weight is 668 g/mol. The lowest BCUT2D eigenvalue weighted by atomic mass is 9.80. The Morgan fingerprint density at radius 2 is 1.12 bits per heavy atom. The van der Waals surface area contributed by atoms with Gasteiger partial charge in [0, 0.05) is 27.5 Å². The quantitative estimate of drug-likeness (QED) is 0.183. The fourth-order valence-electron chi connectivity index (χ4n) is 8.29. The molecule has 9 aromatic rings. The van der Waals surface area contributed by atoms with Crippen molar-refractivity contribution in [3.8, 4) is 67.0 Å². The lowest BCUT2D eigenvalue weighted by molar-refractivity contribution is 0.669. The van der Waals surface area contributed by atoms with E-state index >= 15 is 0 Å². The van der Waals surface area contributed by atoms with Crippen molar-refractivity contribution in [2.45, 2.75) is 20.3 Å². The molecule has 0 saturated heterocycles. The van der Waals surface area contributed by atoms with Crippen LogP contribution < -0.4 is 0 Å². The fraction of sp³-hybridized carbons (Fsp3) is 0.0625. The van der Waals surface area contributed by atoms with Crippen LogP contribution in [0, 0.1) is 13.8 Å². The van der Waals surface area contributed by atoms with E-state index in [9.17, 15) is 0 Å². The molecular formula is C48H33N3O. The van der Waals surface area contributed by atoms with Crippen molar-refractivity contribution in [3.63, 3.8) is 0 Å². The Kier molecular flexibility index (Phi) is 6.97. The maximum absolute atomic E-state index is 6.45. The number of aromatic nitrogens is 3. The first-order valence-corrected chi connectivity index (χ1v) is 17.8. The van der Waals surface area contributed by atoms with Crippen LogP contribution in [0.15, 0.2) is 156 Å². The van der Waals surface area contributed by atoms with Crippen molar-refractivity contribution in [1.82, 2.24) is 15.4 Å². The van der Waals surface area contributed by atoms with Crippen molar-refractivity contribution in [2.75, 3.05) is 0 Å². The Labute approximate surface area is 302 Å². The second kappa shape index (κ2) is 12.0. The van der Waals surface area contributed by atoms with Crippen LogP contribution in [0.5, 0.6) is 0 Å². The first-order chi connectivity index (χ1) is 25.7. The molecule has 1 aliphatic rings. The van der Waals surface area contributed by atoms with Gasteiger partial charge in [0.2, 0.25) is 0 Å². The number of hydrogen-bond donors (Lipinski definition) is 0. The largest absolute Gasteiger partial charge is 0.456 e. The fourth-order valence-corrected chi connectivity index (χ4v) is 8.29. The molecule has 52 heavy (non-hydrogen) atoms. The van der Waals surface area contributed by atoms with Gasteiger partial charge >= 0.3 is 0 Å². The predicted molar refractivity (Wildman–Crippen MR) is 212 cm³/mol. The van der Waals surface area contributed by atoms with Crippen molar-refractivity contribution in [2.24, 2.45) is 0 Å². The second-order valence-corrected chi connectivity index (χ2v) is 13.7. The van der Waals surface area contributed by atoms with Gasteiger partial charge in [0.15, 0.2) is 0 Å². The van der Waals surface area contributed by atoms with Crippen LogP contribution >= 0.6 is 0 Å². The molecule has 2 heterocycles. The Balaban J connectivity index is 1.36. The summed E-state index contributed by atoms with van der Waals surface area (Å²) in [5.41, 5.74) is 19.8. The highest BCUT2D eigenvalue weighted by Crippen LogP contribution is 2.52. The van der Waals surface area contributed by atoms with Crippen LogP contribution in [0.2, 0.25) is 0 Å². The summed E-state index contributed by atoms with van der Waals surface area (Å²) in [4.78, 5) is 0. The molecule has 0 spiro atoms. The van der Waals surface area contributed by atoms with Gasteiger partial charge in [-0.25, -0.2) is 0 Å². The van der Waals surface area contributed by atoms with E-state index in [-0.39, 0.29) is 0 Å². The number of para-hydroxylation sites is 1. The molecule has 7 aromatic carbocycles. The molecule has 0 unspecified atom stereocenters. The minimum Gasteiger partial charge on any atom is -0.456 e. The van der Waals surface area contributed by atoms with Gasteiger partial charge in [0.1, 0.15) is 22.6 Å². The third kappa shape index (κ3) is 4.65. The van der Waals surface area contributed by atoms with E-state index in [2.05, 4.69) is 140 Å². The predicted octanol–water partition coefficient (Wildman–Crippen LogP) is 12.3. The molecule has 4 heteroatoms. The zero-order valence-electron chi connectivity index (χ0n) is 28.9. The zero-order chi connectivity index (χ0) is 34.8. The number of fused-ring (bicyclic) bond motifs is 6. The van der Waals surface area contributed by atoms with E-state index in [0.29, 0.717) is 0 Å². The second-order valence-electron chi connectivity index (χ2n) is 13.7. The molecular weight excluding hydrogens is 635 g/mol. The third-order valence-corrected chi connectivity index (χ3v) is 10.8. The molecule has 0 atom stereocenters. The minimum atomic E-state index is 0.797. The monoisotopic (exact) mass is 667 g/mol. The molecule has 0 fully saturated rings.